The average molecular weight is 441 g/mol. The summed E-state index contributed by atoms with van der Waals surface area (Å²) in [6, 6.07) is 20.0. The lowest BCUT2D eigenvalue weighted by Gasteiger charge is -2.15. The second kappa shape index (κ2) is 10.2. The second-order valence-electron chi connectivity index (χ2n) is 9.02. The molecule has 0 saturated heterocycles. The van der Waals surface area contributed by atoms with Crippen LogP contribution in [0.4, 0.5) is 4.39 Å². The molecule has 0 atom stereocenters. The summed E-state index contributed by atoms with van der Waals surface area (Å²) in [6.45, 7) is 8.45. The molecule has 1 aromatic heterocycles. The van der Waals surface area contributed by atoms with E-state index >= 15 is 0 Å². The Morgan fingerprint density at radius 3 is 2.21 bits per heavy atom. The molecule has 3 aromatic carbocycles. The van der Waals surface area contributed by atoms with Crippen LogP contribution in [0.5, 0.6) is 0 Å². The third-order valence-corrected chi connectivity index (χ3v) is 6.32. The van der Waals surface area contributed by atoms with Gasteiger partial charge in [-0.2, -0.15) is 0 Å². The Morgan fingerprint density at radius 1 is 0.818 bits per heavy atom. The minimum Gasteiger partial charge on any atom is -0.299 e. The van der Waals surface area contributed by atoms with Gasteiger partial charge in [0.1, 0.15) is 11.6 Å². The molecular formula is C30H33FN2. The van der Waals surface area contributed by atoms with Crippen LogP contribution in [0.2, 0.25) is 0 Å². The van der Waals surface area contributed by atoms with E-state index in [0.29, 0.717) is 5.56 Å². The van der Waals surface area contributed by atoms with E-state index in [4.69, 9.17) is 4.98 Å². The number of benzene rings is 3. The van der Waals surface area contributed by atoms with Gasteiger partial charge in [0.2, 0.25) is 0 Å². The summed E-state index contributed by atoms with van der Waals surface area (Å²) in [4.78, 5) is 4.81. The number of hydrogen-bond acceptors (Lipinski definition) is 1. The van der Waals surface area contributed by atoms with Crippen molar-refractivity contribution >= 4 is 0 Å². The number of hydrogen-bond donors (Lipinski definition) is 0. The summed E-state index contributed by atoms with van der Waals surface area (Å²) in [5.41, 5.74) is 8.17. The molecule has 3 heteroatoms. The molecule has 0 spiro atoms. The van der Waals surface area contributed by atoms with Crippen molar-refractivity contribution in [1.29, 1.82) is 0 Å². The maximum absolute atomic E-state index is 14.9. The standard InChI is InChI=1S/C30H33FN2/c1-5-6-7-8-12-24-13-15-25(16-14-24)27-19-26(17-18-28(27)31)30-32-23(4)20-33(30)29-21(2)10-9-11-22(29)3/h9-11,13-20H,5-8,12H2,1-4H3. The Balaban J connectivity index is 1.68. The van der Waals surface area contributed by atoms with Gasteiger partial charge in [-0.1, -0.05) is 68.7 Å². The van der Waals surface area contributed by atoms with Crippen molar-refractivity contribution < 1.29 is 4.39 Å². The molecule has 0 aliphatic heterocycles. The van der Waals surface area contributed by atoms with Gasteiger partial charge in [-0.25, -0.2) is 9.37 Å². The quantitative estimate of drug-likeness (QED) is 0.252. The Kier molecular flexibility index (Phi) is 7.08. The summed E-state index contributed by atoms with van der Waals surface area (Å²) in [7, 11) is 0. The first-order chi connectivity index (χ1) is 16.0. The molecule has 0 fully saturated rings. The molecule has 0 amide bonds. The van der Waals surface area contributed by atoms with E-state index in [0.717, 1.165) is 34.8 Å². The van der Waals surface area contributed by atoms with Gasteiger partial charge in [-0.15, -0.1) is 0 Å². The van der Waals surface area contributed by atoms with Crippen LogP contribution in [0.15, 0.2) is 66.9 Å². The fourth-order valence-electron chi connectivity index (χ4n) is 4.55. The van der Waals surface area contributed by atoms with Crippen LogP contribution in [0.25, 0.3) is 28.2 Å². The number of aryl methyl sites for hydroxylation is 4. The van der Waals surface area contributed by atoms with Gasteiger partial charge in [0.05, 0.1) is 11.4 Å². The molecule has 0 N–H and O–H groups in total. The van der Waals surface area contributed by atoms with E-state index in [2.05, 4.69) is 61.9 Å². The molecule has 33 heavy (non-hydrogen) atoms. The van der Waals surface area contributed by atoms with Crippen molar-refractivity contribution in [2.45, 2.75) is 59.8 Å². The highest BCUT2D eigenvalue weighted by Crippen LogP contribution is 2.32. The van der Waals surface area contributed by atoms with Gasteiger partial charge in [-0.05, 0) is 74.1 Å². The van der Waals surface area contributed by atoms with Crippen LogP contribution in [0.1, 0.15) is 55.0 Å². The lowest BCUT2D eigenvalue weighted by Crippen LogP contribution is -2.01. The smallest absolute Gasteiger partial charge is 0.144 e. The monoisotopic (exact) mass is 440 g/mol. The predicted octanol–water partition coefficient (Wildman–Crippen LogP) is 8.39. The summed E-state index contributed by atoms with van der Waals surface area (Å²) in [5, 5.41) is 0. The molecule has 2 nitrogen and oxygen atoms in total. The van der Waals surface area contributed by atoms with Crippen LogP contribution >= 0.6 is 0 Å². The van der Waals surface area contributed by atoms with Crippen LogP contribution < -0.4 is 0 Å². The van der Waals surface area contributed by atoms with Gasteiger partial charge < -0.3 is 0 Å². The molecule has 0 aliphatic carbocycles. The molecule has 1 heterocycles. The zero-order chi connectivity index (χ0) is 23.4. The van der Waals surface area contributed by atoms with E-state index in [1.165, 1.54) is 42.4 Å². The minimum absolute atomic E-state index is 0.212. The zero-order valence-electron chi connectivity index (χ0n) is 20.2. The number of imidazole rings is 1. The molecule has 4 aromatic rings. The predicted molar refractivity (Wildman–Crippen MR) is 136 cm³/mol. The number of aromatic nitrogens is 2. The molecule has 0 unspecified atom stereocenters. The third kappa shape index (κ3) is 5.08. The zero-order valence-corrected chi connectivity index (χ0v) is 20.2. The fourth-order valence-corrected chi connectivity index (χ4v) is 4.55. The van der Waals surface area contributed by atoms with Crippen molar-refractivity contribution in [3.63, 3.8) is 0 Å². The van der Waals surface area contributed by atoms with Gasteiger partial charge in [-0.3, -0.25) is 4.57 Å². The SMILES string of the molecule is CCCCCCc1ccc(-c2cc(-c3nc(C)cn3-c3c(C)cccc3C)ccc2F)cc1. The highest BCUT2D eigenvalue weighted by Gasteiger charge is 2.16. The van der Waals surface area contributed by atoms with Crippen LogP contribution in [-0.2, 0) is 6.42 Å². The number of para-hydroxylation sites is 1. The molecule has 0 radical (unpaired) electrons. The highest BCUT2D eigenvalue weighted by molar-refractivity contribution is 5.72. The van der Waals surface area contributed by atoms with E-state index in [9.17, 15) is 4.39 Å². The van der Waals surface area contributed by atoms with Gasteiger partial charge in [0, 0.05) is 17.3 Å². The van der Waals surface area contributed by atoms with E-state index in [1.807, 2.05) is 31.2 Å². The summed E-state index contributed by atoms with van der Waals surface area (Å²) >= 11 is 0. The van der Waals surface area contributed by atoms with Gasteiger partial charge in [0.25, 0.3) is 0 Å². The number of nitrogens with zero attached hydrogens (tertiary/aromatic N) is 2. The van der Waals surface area contributed by atoms with Crippen molar-refractivity contribution in [3.8, 4) is 28.2 Å². The number of halogens is 1. The summed E-state index contributed by atoms with van der Waals surface area (Å²) in [5.74, 6) is 0.620. The molecule has 0 bridgehead atoms. The lowest BCUT2D eigenvalue weighted by molar-refractivity contribution is 0.631. The normalized spacial score (nSPS) is 11.2. The van der Waals surface area contributed by atoms with E-state index < -0.39 is 0 Å². The average Bonchev–Trinajstić information content (AvgIpc) is 3.18. The van der Waals surface area contributed by atoms with Crippen molar-refractivity contribution in [2.24, 2.45) is 0 Å². The first-order valence-electron chi connectivity index (χ1n) is 12.0. The van der Waals surface area contributed by atoms with Crippen LogP contribution in [0.3, 0.4) is 0 Å². The maximum Gasteiger partial charge on any atom is 0.144 e. The molecular weight excluding hydrogens is 407 g/mol. The first kappa shape index (κ1) is 23.0. The first-order valence-corrected chi connectivity index (χ1v) is 12.0. The Hall–Kier alpha value is -3.20. The minimum atomic E-state index is -0.212. The van der Waals surface area contributed by atoms with E-state index in [-0.39, 0.29) is 5.82 Å². The maximum atomic E-state index is 14.9. The summed E-state index contributed by atoms with van der Waals surface area (Å²) in [6.07, 6.45) is 8.14. The van der Waals surface area contributed by atoms with Crippen molar-refractivity contribution in [1.82, 2.24) is 9.55 Å². The summed E-state index contributed by atoms with van der Waals surface area (Å²) < 4.78 is 17.0. The van der Waals surface area contributed by atoms with Gasteiger partial charge >= 0.3 is 0 Å². The van der Waals surface area contributed by atoms with Crippen LogP contribution in [-0.4, -0.2) is 9.55 Å². The number of rotatable bonds is 8. The number of unbranched alkanes of at least 4 members (excludes halogenated alkanes) is 3. The third-order valence-electron chi connectivity index (χ3n) is 6.32. The topological polar surface area (TPSA) is 17.8 Å². The molecule has 170 valence electrons. The second-order valence-corrected chi connectivity index (χ2v) is 9.02. The Labute approximate surface area is 197 Å². The Morgan fingerprint density at radius 2 is 1.52 bits per heavy atom. The molecule has 0 saturated carbocycles. The highest BCUT2D eigenvalue weighted by atomic mass is 19.1. The van der Waals surface area contributed by atoms with E-state index in [1.54, 1.807) is 6.07 Å². The molecule has 4 rings (SSSR count). The van der Waals surface area contributed by atoms with Crippen LogP contribution in [0, 0.1) is 26.6 Å². The largest absolute Gasteiger partial charge is 0.299 e. The fraction of sp³-hybridized carbons (Fsp3) is 0.300. The van der Waals surface area contributed by atoms with Crippen molar-refractivity contribution in [2.75, 3.05) is 0 Å². The van der Waals surface area contributed by atoms with Crippen molar-refractivity contribution in [3.05, 3.63) is 95.1 Å². The molecule has 0 aliphatic rings. The lowest BCUT2D eigenvalue weighted by atomic mass is 9.99. The van der Waals surface area contributed by atoms with Gasteiger partial charge in [0.15, 0.2) is 0 Å². The Bertz CT molecular complexity index is 1210.